The van der Waals surface area contributed by atoms with E-state index < -0.39 is 0 Å². The monoisotopic (exact) mass is 268 g/mol. The summed E-state index contributed by atoms with van der Waals surface area (Å²) in [5, 5.41) is 10.5. The van der Waals surface area contributed by atoms with E-state index in [0.717, 1.165) is 18.5 Å². The second-order valence-corrected chi connectivity index (χ2v) is 5.54. The Hall–Kier alpha value is -0.770. The minimum absolute atomic E-state index is 0.148. The van der Waals surface area contributed by atoms with Gasteiger partial charge in [-0.2, -0.15) is 0 Å². The number of benzene rings is 1. The normalized spacial score (nSPS) is 22.9. The lowest BCUT2D eigenvalue weighted by atomic mass is 9.96. The molecule has 0 spiro atoms. The van der Waals surface area contributed by atoms with E-state index in [1.165, 1.54) is 12.8 Å². The van der Waals surface area contributed by atoms with Crippen molar-refractivity contribution in [1.82, 2.24) is 4.90 Å². The molecule has 0 aliphatic carbocycles. The number of aromatic hydroxyl groups is 1. The van der Waals surface area contributed by atoms with Crippen molar-refractivity contribution in [2.45, 2.75) is 44.8 Å². The summed E-state index contributed by atoms with van der Waals surface area (Å²) < 4.78 is 0. The highest BCUT2D eigenvalue weighted by Crippen LogP contribution is 2.29. The van der Waals surface area contributed by atoms with Gasteiger partial charge in [-0.1, -0.05) is 24.1 Å². The van der Waals surface area contributed by atoms with Crippen LogP contribution in [0.25, 0.3) is 0 Å². The van der Waals surface area contributed by atoms with E-state index in [2.05, 4.69) is 11.8 Å². The molecule has 4 heteroatoms. The molecule has 3 nitrogen and oxygen atoms in total. The summed E-state index contributed by atoms with van der Waals surface area (Å²) in [6.45, 7) is 3.75. The van der Waals surface area contributed by atoms with Gasteiger partial charge in [-0.05, 0) is 38.4 Å². The molecule has 2 rings (SSSR count). The largest absolute Gasteiger partial charge is 0.508 e. The van der Waals surface area contributed by atoms with E-state index in [1.54, 1.807) is 12.1 Å². The Morgan fingerprint density at radius 2 is 2.28 bits per heavy atom. The third-order valence-electron chi connectivity index (χ3n) is 3.73. The number of rotatable bonds is 3. The van der Waals surface area contributed by atoms with Crippen molar-refractivity contribution in [3.05, 3.63) is 28.8 Å². The third kappa shape index (κ3) is 2.97. The molecule has 1 heterocycles. The van der Waals surface area contributed by atoms with Crippen LogP contribution in [0.3, 0.4) is 0 Å². The highest BCUT2D eigenvalue weighted by atomic mass is 35.5. The predicted molar refractivity (Wildman–Crippen MR) is 74.8 cm³/mol. The lowest BCUT2D eigenvalue weighted by Crippen LogP contribution is -2.48. The lowest BCUT2D eigenvalue weighted by molar-refractivity contribution is 0.122. The van der Waals surface area contributed by atoms with Crippen LogP contribution in [0.2, 0.25) is 5.02 Å². The lowest BCUT2D eigenvalue weighted by Gasteiger charge is -2.38. The van der Waals surface area contributed by atoms with Crippen molar-refractivity contribution in [1.29, 1.82) is 0 Å². The van der Waals surface area contributed by atoms with E-state index >= 15 is 0 Å². The highest BCUT2D eigenvalue weighted by Gasteiger charge is 2.26. The summed E-state index contributed by atoms with van der Waals surface area (Å²) >= 11 is 6.16. The maximum Gasteiger partial charge on any atom is 0.121 e. The molecule has 1 saturated heterocycles. The minimum atomic E-state index is 0.148. The molecule has 1 aliphatic rings. The van der Waals surface area contributed by atoms with Gasteiger partial charge in [0.2, 0.25) is 0 Å². The smallest absolute Gasteiger partial charge is 0.121 e. The van der Waals surface area contributed by atoms with Gasteiger partial charge in [0.25, 0.3) is 0 Å². The van der Waals surface area contributed by atoms with Crippen molar-refractivity contribution in [2.24, 2.45) is 5.73 Å². The Morgan fingerprint density at radius 1 is 1.50 bits per heavy atom. The molecule has 2 unspecified atom stereocenters. The van der Waals surface area contributed by atoms with Gasteiger partial charge >= 0.3 is 0 Å². The Labute approximate surface area is 114 Å². The number of hydrogen-bond donors (Lipinski definition) is 2. The molecular weight excluding hydrogens is 248 g/mol. The fourth-order valence-corrected chi connectivity index (χ4v) is 2.94. The second kappa shape index (κ2) is 5.91. The summed E-state index contributed by atoms with van der Waals surface area (Å²) in [6.07, 6.45) is 3.55. The summed E-state index contributed by atoms with van der Waals surface area (Å²) in [4.78, 5) is 2.34. The molecule has 1 aromatic carbocycles. The maximum absolute atomic E-state index is 9.90. The van der Waals surface area contributed by atoms with Crippen molar-refractivity contribution in [2.75, 3.05) is 6.54 Å². The van der Waals surface area contributed by atoms with Crippen LogP contribution in [0.5, 0.6) is 5.75 Å². The zero-order valence-corrected chi connectivity index (χ0v) is 11.5. The molecule has 18 heavy (non-hydrogen) atoms. The summed E-state index contributed by atoms with van der Waals surface area (Å²) in [6, 6.07) is 5.80. The first-order valence-electron chi connectivity index (χ1n) is 6.55. The molecule has 1 aromatic rings. The molecule has 0 amide bonds. The van der Waals surface area contributed by atoms with Crippen LogP contribution < -0.4 is 5.73 Å². The Balaban J connectivity index is 2.16. The van der Waals surface area contributed by atoms with Gasteiger partial charge in [0.1, 0.15) is 5.75 Å². The minimum Gasteiger partial charge on any atom is -0.508 e. The topological polar surface area (TPSA) is 49.5 Å². The fourth-order valence-electron chi connectivity index (χ4n) is 2.72. The van der Waals surface area contributed by atoms with Crippen LogP contribution in [0.4, 0.5) is 0 Å². The van der Waals surface area contributed by atoms with Gasteiger partial charge in [-0.25, -0.2) is 0 Å². The number of piperidine rings is 1. The zero-order valence-electron chi connectivity index (χ0n) is 10.8. The van der Waals surface area contributed by atoms with Crippen LogP contribution in [0.15, 0.2) is 18.2 Å². The number of likely N-dealkylation sites (tertiary alicyclic amines) is 1. The van der Waals surface area contributed by atoms with Crippen LogP contribution in [-0.4, -0.2) is 28.6 Å². The van der Waals surface area contributed by atoms with E-state index in [1.807, 2.05) is 6.07 Å². The highest BCUT2D eigenvalue weighted by molar-refractivity contribution is 6.31. The van der Waals surface area contributed by atoms with Crippen molar-refractivity contribution >= 4 is 11.6 Å². The molecule has 0 bridgehead atoms. The number of hydrogen-bond acceptors (Lipinski definition) is 3. The van der Waals surface area contributed by atoms with Crippen molar-refractivity contribution in [3.8, 4) is 5.75 Å². The van der Waals surface area contributed by atoms with Gasteiger partial charge in [-0.3, -0.25) is 4.90 Å². The molecule has 0 radical (unpaired) electrons. The van der Waals surface area contributed by atoms with Gasteiger partial charge in [-0.15, -0.1) is 0 Å². The SMILES string of the molecule is CC(N)C1CCCCN1Cc1c(O)cccc1Cl. The summed E-state index contributed by atoms with van der Waals surface area (Å²) in [5.74, 6) is 0.275. The molecule has 2 atom stereocenters. The van der Waals surface area contributed by atoms with Crippen LogP contribution in [0, 0.1) is 0 Å². The number of phenols is 1. The molecule has 3 N–H and O–H groups in total. The molecule has 100 valence electrons. The van der Waals surface area contributed by atoms with Crippen LogP contribution in [0.1, 0.15) is 31.7 Å². The first-order valence-corrected chi connectivity index (χ1v) is 6.93. The maximum atomic E-state index is 9.90. The molecular formula is C14H21ClN2O. The Morgan fingerprint density at radius 3 is 2.94 bits per heavy atom. The van der Waals surface area contributed by atoms with E-state index in [0.29, 0.717) is 17.6 Å². The van der Waals surface area contributed by atoms with Crippen molar-refractivity contribution < 1.29 is 5.11 Å². The first kappa shape index (κ1) is 13.7. The van der Waals surface area contributed by atoms with Gasteiger partial charge in [0, 0.05) is 29.2 Å². The number of nitrogens with zero attached hydrogens (tertiary/aromatic N) is 1. The van der Waals surface area contributed by atoms with Crippen molar-refractivity contribution in [3.63, 3.8) is 0 Å². The fraction of sp³-hybridized carbons (Fsp3) is 0.571. The summed E-state index contributed by atoms with van der Waals surface area (Å²) in [7, 11) is 0. The van der Waals surface area contributed by atoms with Crippen LogP contribution >= 0.6 is 11.6 Å². The average Bonchev–Trinajstić information content (AvgIpc) is 2.34. The Kier molecular flexibility index (Phi) is 4.49. The Bertz CT molecular complexity index is 389. The van der Waals surface area contributed by atoms with E-state index in [4.69, 9.17) is 17.3 Å². The summed E-state index contributed by atoms with van der Waals surface area (Å²) in [5.41, 5.74) is 6.86. The average molecular weight is 269 g/mol. The predicted octanol–water partition coefficient (Wildman–Crippen LogP) is 2.75. The van der Waals surface area contributed by atoms with Gasteiger partial charge in [0.15, 0.2) is 0 Å². The molecule has 1 aliphatic heterocycles. The standard InChI is InChI=1S/C14H21ClN2O/c1-10(16)13-6-2-3-8-17(13)9-11-12(15)5-4-7-14(11)18/h4-5,7,10,13,18H,2-3,6,8-9,16H2,1H3. The zero-order chi connectivity index (χ0) is 13.1. The van der Waals surface area contributed by atoms with Gasteiger partial charge < -0.3 is 10.8 Å². The molecule has 0 aromatic heterocycles. The molecule has 0 saturated carbocycles. The quantitative estimate of drug-likeness (QED) is 0.886. The van der Waals surface area contributed by atoms with E-state index in [9.17, 15) is 5.11 Å². The van der Waals surface area contributed by atoms with Crippen LogP contribution in [-0.2, 0) is 6.54 Å². The van der Waals surface area contributed by atoms with Gasteiger partial charge in [0.05, 0.1) is 0 Å². The number of phenolic OH excluding ortho intramolecular Hbond substituents is 1. The molecule has 1 fully saturated rings. The number of halogens is 1. The second-order valence-electron chi connectivity index (χ2n) is 5.13. The third-order valence-corrected chi connectivity index (χ3v) is 4.08. The van der Waals surface area contributed by atoms with E-state index in [-0.39, 0.29) is 11.8 Å². The first-order chi connectivity index (χ1) is 8.59. The number of nitrogens with two attached hydrogens (primary N) is 1.